The number of hydrogen-bond acceptors (Lipinski definition) is 6. The van der Waals surface area contributed by atoms with Gasteiger partial charge >= 0.3 is 0 Å². The summed E-state index contributed by atoms with van der Waals surface area (Å²) < 4.78 is 6.98. The predicted octanol–water partition coefficient (Wildman–Crippen LogP) is 2.05. The second-order valence-corrected chi connectivity index (χ2v) is 5.77. The molecule has 0 aliphatic carbocycles. The minimum Gasteiger partial charge on any atom is -0.489 e. The summed E-state index contributed by atoms with van der Waals surface area (Å²) >= 11 is 13.1. The molecule has 0 radical (unpaired) electrons. The number of thioether (sulfide) groups is 1. The molecule has 0 bridgehead atoms. The van der Waals surface area contributed by atoms with Crippen molar-refractivity contribution >= 4 is 35.0 Å². The van der Waals surface area contributed by atoms with Crippen molar-refractivity contribution in [2.45, 2.75) is 11.3 Å². The number of halogens is 2. The Bertz CT molecular complexity index is 581. The summed E-state index contributed by atoms with van der Waals surface area (Å²) in [6.45, 7) is 0.109. The molecule has 9 heteroatoms. The zero-order valence-electron chi connectivity index (χ0n) is 10.5. The van der Waals surface area contributed by atoms with Gasteiger partial charge in [0.15, 0.2) is 0 Å². The summed E-state index contributed by atoms with van der Waals surface area (Å²) in [7, 11) is 1.73. The maximum Gasteiger partial charge on any atom is 0.209 e. The van der Waals surface area contributed by atoms with E-state index >= 15 is 0 Å². The van der Waals surface area contributed by atoms with Crippen molar-refractivity contribution in [2.24, 2.45) is 7.05 Å². The lowest BCUT2D eigenvalue weighted by Crippen LogP contribution is -2.20. The first-order valence-corrected chi connectivity index (χ1v) is 7.41. The number of aliphatic hydroxyl groups excluding tert-OH is 1. The Morgan fingerprint density at radius 2 is 2.25 bits per heavy atom. The third kappa shape index (κ3) is 4.24. The summed E-state index contributed by atoms with van der Waals surface area (Å²) in [5.41, 5.74) is 0. The highest BCUT2D eigenvalue weighted by Crippen LogP contribution is 2.27. The van der Waals surface area contributed by atoms with Crippen molar-refractivity contribution in [1.82, 2.24) is 20.2 Å². The Morgan fingerprint density at radius 3 is 2.95 bits per heavy atom. The molecule has 0 saturated carbocycles. The van der Waals surface area contributed by atoms with Crippen LogP contribution >= 0.6 is 35.0 Å². The zero-order valence-corrected chi connectivity index (χ0v) is 12.9. The zero-order chi connectivity index (χ0) is 14.5. The highest BCUT2D eigenvalue weighted by atomic mass is 35.5. The van der Waals surface area contributed by atoms with Crippen molar-refractivity contribution in [2.75, 3.05) is 12.4 Å². The Kier molecular flexibility index (Phi) is 5.47. The average molecular weight is 335 g/mol. The highest BCUT2D eigenvalue weighted by molar-refractivity contribution is 7.99. The Hall–Kier alpha value is -1.02. The fourth-order valence-corrected chi connectivity index (χ4v) is 2.43. The summed E-state index contributed by atoms with van der Waals surface area (Å²) in [4.78, 5) is 0. The highest BCUT2D eigenvalue weighted by Gasteiger charge is 2.11. The van der Waals surface area contributed by atoms with Crippen LogP contribution in [0.15, 0.2) is 23.4 Å². The number of nitrogens with zero attached hydrogens (tertiary/aromatic N) is 4. The van der Waals surface area contributed by atoms with E-state index in [1.807, 2.05) is 0 Å². The van der Waals surface area contributed by atoms with Gasteiger partial charge in [0.2, 0.25) is 5.16 Å². The van der Waals surface area contributed by atoms with Crippen LogP contribution in [-0.2, 0) is 7.05 Å². The van der Waals surface area contributed by atoms with Crippen LogP contribution in [-0.4, -0.2) is 43.8 Å². The van der Waals surface area contributed by atoms with Crippen LogP contribution in [0, 0.1) is 0 Å². The van der Waals surface area contributed by atoms with Crippen molar-refractivity contribution in [3.63, 3.8) is 0 Å². The van der Waals surface area contributed by atoms with Crippen LogP contribution in [0.2, 0.25) is 10.0 Å². The van der Waals surface area contributed by atoms with Gasteiger partial charge < -0.3 is 9.84 Å². The monoisotopic (exact) mass is 334 g/mol. The molecule has 0 saturated heterocycles. The quantitative estimate of drug-likeness (QED) is 0.815. The molecule has 20 heavy (non-hydrogen) atoms. The van der Waals surface area contributed by atoms with Crippen LogP contribution in [0.4, 0.5) is 0 Å². The number of ether oxygens (including phenoxy) is 1. The van der Waals surface area contributed by atoms with Gasteiger partial charge in [-0.25, -0.2) is 4.68 Å². The van der Waals surface area contributed by atoms with Crippen molar-refractivity contribution in [3.05, 3.63) is 28.2 Å². The molecule has 6 nitrogen and oxygen atoms in total. The molecule has 1 N–H and O–H groups in total. The molecular formula is C11H12Cl2N4O2S. The SMILES string of the molecule is Cn1nnnc1SCC(O)COc1cc(Cl)ccc1Cl. The van der Waals surface area contributed by atoms with E-state index in [0.29, 0.717) is 26.7 Å². The van der Waals surface area contributed by atoms with Gasteiger partial charge in [0.1, 0.15) is 12.4 Å². The van der Waals surface area contributed by atoms with Gasteiger partial charge in [-0.05, 0) is 22.6 Å². The number of aromatic nitrogens is 4. The Balaban J connectivity index is 1.81. The molecule has 1 unspecified atom stereocenters. The average Bonchev–Trinajstić information content (AvgIpc) is 2.83. The molecule has 2 rings (SSSR count). The minimum absolute atomic E-state index is 0.109. The molecule has 0 fully saturated rings. The van der Waals surface area contributed by atoms with E-state index in [4.69, 9.17) is 27.9 Å². The lowest BCUT2D eigenvalue weighted by atomic mass is 10.3. The van der Waals surface area contributed by atoms with Gasteiger partial charge in [0, 0.05) is 23.9 Å². The molecule has 0 amide bonds. The number of hydrogen-bond donors (Lipinski definition) is 1. The second kappa shape index (κ2) is 7.12. The van der Waals surface area contributed by atoms with E-state index in [-0.39, 0.29) is 6.61 Å². The smallest absolute Gasteiger partial charge is 0.209 e. The van der Waals surface area contributed by atoms with Gasteiger partial charge in [-0.2, -0.15) is 0 Å². The molecular weight excluding hydrogens is 323 g/mol. The standard InChI is InChI=1S/C11H12Cl2N4O2S/c1-17-11(14-15-16-17)20-6-8(18)5-19-10-4-7(12)2-3-9(10)13/h2-4,8,18H,5-6H2,1H3. The van der Waals surface area contributed by atoms with Crippen LogP contribution < -0.4 is 4.74 Å². The number of rotatable bonds is 6. The number of aliphatic hydroxyl groups is 1. The molecule has 108 valence electrons. The number of benzene rings is 1. The predicted molar refractivity (Wildman–Crippen MR) is 77.5 cm³/mol. The summed E-state index contributed by atoms with van der Waals surface area (Å²) in [5, 5.41) is 22.5. The normalized spacial score (nSPS) is 12.4. The molecule has 0 aliphatic heterocycles. The minimum atomic E-state index is -0.674. The first-order valence-electron chi connectivity index (χ1n) is 5.67. The second-order valence-electron chi connectivity index (χ2n) is 3.94. The maximum atomic E-state index is 9.86. The van der Waals surface area contributed by atoms with E-state index in [0.717, 1.165) is 0 Å². The van der Waals surface area contributed by atoms with E-state index in [9.17, 15) is 5.11 Å². The van der Waals surface area contributed by atoms with Crippen molar-refractivity contribution in [3.8, 4) is 5.75 Å². The largest absolute Gasteiger partial charge is 0.489 e. The first-order chi connectivity index (χ1) is 9.56. The number of tetrazole rings is 1. The number of aryl methyl sites for hydroxylation is 1. The Morgan fingerprint density at radius 1 is 1.45 bits per heavy atom. The fraction of sp³-hybridized carbons (Fsp3) is 0.364. The van der Waals surface area contributed by atoms with Gasteiger partial charge in [-0.15, -0.1) is 5.10 Å². The van der Waals surface area contributed by atoms with E-state index in [2.05, 4.69) is 15.5 Å². The van der Waals surface area contributed by atoms with Gasteiger partial charge in [0.25, 0.3) is 0 Å². The van der Waals surface area contributed by atoms with Crippen LogP contribution in [0.25, 0.3) is 0 Å². The lowest BCUT2D eigenvalue weighted by molar-refractivity contribution is 0.126. The van der Waals surface area contributed by atoms with Gasteiger partial charge in [-0.1, -0.05) is 35.0 Å². The van der Waals surface area contributed by atoms with Crippen LogP contribution in [0.5, 0.6) is 5.75 Å². The van der Waals surface area contributed by atoms with E-state index in [1.165, 1.54) is 16.4 Å². The maximum absolute atomic E-state index is 9.86. The molecule has 1 heterocycles. The van der Waals surface area contributed by atoms with E-state index < -0.39 is 6.10 Å². The molecule has 1 atom stereocenters. The van der Waals surface area contributed by atoms with Gasteiger partial charge in [-0.3, -0.25) is 0 Å². The Labute approximate surface area is 130 Å². The van der Waals surface area contributed by atoms with Gasteiger partial charge in [0.05, 0.1) is 11.1 Å². The lowest BCUT2D eigenvalue weighted by Gasteiger charge is -2.12. The molecule has 0 spiro atoms. The molecule has 1 aromatic heterocycles. The summed E-state index contributed by atoms with van der Waals surface area (Å²) in [6, 6.07) is 4.92. The van der Waals surface area contributed by atoms with Crippen LogP contribution in [0.1, 0.15) is 0 Å². The van der Waals surface area contributed by atoms with Crippen molar-refractivity contribution in [1.29, 1.82) is 0 Å². The summed E-state index contributed by atoms with van der Waals surface area (Å²) in [6.07, 6.45) is -0.674. The fourth-order valence-electron chi connectivity index (χ4n) is 1.34. The third-order valence-electron chi connectivity index (χ3n) is 2.31. The third-order valence-corrected chi connectivity index (χ3v) is 4.01. The molecule has 0 aliphatic rings. The summed E-state index contributed by atoms with van der Waals surface area (Å²) in [5.74, 6) is 0.857. The molecule has 2 aromatic rings. The van der Waals surface area contributed by atoms with E-state index in [1.54, 1.807) is 25.2 Å². The van der Waals surface area contributed by atoms with Crippen LogP contribution in [0.3, 0.4) is 0 Å². The first kappa shape index (κ1) is 15.4. The molecule has 1 aromatic carbocycles. The topological polar surface area (TPSA) is 73.1 Å². The van der Waals surface area contributed by atoms with Crippen molar-refractivity contribution < 1.29 is 9.84 Å².